The van der Waals surface area contributed by atoms with Crippen molar-refractivity contribution in [1.82, 2.24) is 14.8 Å². The molecule has 0 aliphatic heterocycles. The van der Waals surface area contributed by atoms with Crippen LogP contribution in [0.5, 0.6) is 0 Å². The Kier molecular flexibility index (Phi) is 4.95. The maximum Gasteiger partial charge on any atom is 0.294 e. The molecule has 3 rings (SSSR count). The summed E-state index contributed by atoms with van der Waals surface area (Å²) in [5.41, 5.74) is -0.763. The fourth-order valence-corrected chi connectivity index (χ4v) is 2.48. The third kappa shape index (κ3) is 3.82. The van der Waals surface area contributed by atoms with Crippen molar-refractivity contribution in [3.63, 3.8) is 0 Å². The molecule has 9 nitrogen and oxygen atoms in total. The molecule has 2 heterocycles. The summed E-state index contributed by atoms with van der Waals surface area (Å²) in [5.74, 6) is -0.606. The Morgan fingerprint density at radius 1 is 1.26 bits per heavy atom. The van der Waals surface area contributed by atoms with Crippen LogP contribution in [0.4, 0.5) is 11.5 Å². The summed E-state index contributed by atoms with van der Waals surface area (Å²) >= 11 is 5.74. The first kappa shape index (κ1) is 18.2. The number of halogens is 1. The molecule has 0 bridgehead atoms. The van der Waals surface area contributed by atoms with Gasteiger partial charge in [0.2, 0.25) is 5.43 Å². The molecule has 10 heteroatoms. The smallest absolute Gasteiger partial charge is 0.294 e. The number of para-hydroxylation sites is 2. The van der Waals surface area contributed by atoms with E-state index in [-0.39, 0.29) is 17.2 Å². The molecule has 0 fully saturated rings. The van der Waals surface area contributed by atoms with Gasteiger partial charge in [-0.25, -0.2) is 9.67 Å². The molecule has 0 aliphatic carbocycles. The molecule has 0 atom stereocenters. The number of nitro benzene ring substituents is 1. The standard InChI is InChI=1S/C17H12ClN5O4/c1-10-8-14(24)16(17(25)20-15-7-6-11(18)9-19-15)21-22(10)12-4-2-3-5-13(12)23(26)27/h2-9H,1H3,(H,19,20,25). The third-order valence-electron chi connectivity index (χ3n) is 3.60. The highest BCUT2D eigenvalue weighted by Crippen LogP contribution is 2.22. The van der Waals surface area contributed by atoms with E-state index in [1.807, 2.05) is 0 Å². The summed E-state index contributed by atoms with van der Waals surface area (Å²) < 4.78 is 1.18. The van der Waals surface area contributed by atoms with E-state index in [1.54, 1.807) is 13.0 Å². The summed E-state index contributed by atoms with van der Waals surface area (Å²) in [7, 11) is 0. The fraction of sp³-hybridized carbons (Fsp3) is 0.0588. The molecule has 0 spiro atoms. The van der Waals surface area contributed by atoms with Gasteiger partial charge in [0, 0.05) is 24.0 Å². The largest absolute Gasteiger partial charge is 0.305 e. The number of amides is 1. The molecule has 0 radical (unpaired) electrons. The summed E-state index contributed by atoms with van der Waals surface area (Å²) in [4.78, 5) is 39.3. The van der Waals surface area contributed by atoms with Gasteiger partial charge in [0.1, 0.15) is 11.5 Å². The second kappa shape index (κ2) is 7.34. The lowest BCUT2D eigenvalue weighted by molar-refractivity contribution is -0.384. The van der Waals surface area contributed by atoms with Gasteiger partial charge in [0.05, 0.1) is 9.95 Å². The second-order valence-corrected chi connectivity index (χ2v) is 5.91. The van der Waals surface area contributed by atoms with Crippen LogP contribution in [-0.2, 0) is 0 Å². The number of benzene rings is 1. The Morgan fingerprint density at radius 2 is 2.00 bits per heavy atom. The first-order chi connectivity index (χ1) is 12.9. The van der Waals surface area contributed by atoms with Crippen LogP contribution < -0.4 is 10.7 Å². The fourth-order valence-electron chi connectivity index (χ4n) is 2.37. The topological polar surface area (TPSA) is 120 Å². The van der Waals surface area contributed by atoms with Gasteiger partial charge in [-0.2, -0.15) is 5.10 Å². The number of aromatic nitrogens is 3. The van der Waals surface area contributed by atoms with Crippen LogP contribution in [0.25, 0.3) is 5.69 Å². The van der Waals surface area contributed by atoms with Gasteiger partial charge < -0.3 is 5.32 Å². The minimum Gasteiger partial charge on any atom is -0.305 e. The van der Waals surface area contributed by atoms with Gasteiger partial charge in [-0.15, -0.1) is 0 Å². The monoisotopic (exact) mass is 385 g/mol. The number of nitrogens with zero attached hydrogens (tertiary/aromatic N) is 4. The summed E-state index contributed by atoms with van der Waals surface area (Å²) in [6.07, 6.45) is 1.34. The van der Waals surface area contributed by atoms with E-state index in [9.17, 15) is 19.7 Å². The quantitative estimate of drug-likeness (QED) is 0.544. The first-order valence-electron chi connectivity index (χ1n) is 7.64. The summed E-state index contributed by atoms with van der Waals surface area (Å²) in [6, 6.07) is 10.1. The van der Waals surface area contributed by atoms with Gasteiger partial charge in [-0.3, -0.25) is 19.7 Å². The number of carbonyl (C=O) groups excluding carboxylic acids is 1. The highest BCUT2D eigenvalue weighted by Gasteiger charge is 2.20. The van der Waals surface area contributed by atoms with Crippen molar-refractivity contribution >= 4 is 29.0 Å². The molecule has 1 aromatic carbocycles. The molecule has 1 N–H and O–H groups in total. The number of aryl methyl sites for hydroxylation is 1. The van der Waals surface area contributed by atoms with Crippen molar-refractivity contribution in [1.29, 1.82) is 0 Å². The average Bonchev–Trinajstić information content (AvgIpc) is 2.63. The molecule has 0 saturated carbocycles. The number of anilines is 1. The molecule has 136 valence electrons. The molecule has 0 unspecified atom stereocenters. The third-order valence-corrected chi connectivity index (χ3v) is 3.82. The lowest BCUT2D eigenvalue weighted by atomic mass is 10.2. The number of pyridine rings is 1. The van der Waals surface area contributed by atoms with Crippen LogP contribution in [-0.4, -0.2) is 25.6 Å². The molecule has 0 saturated heterocycles. The average molecular weight is 386 g/mol. The molecule has 1 amide bonds. The highest BCUT2D eigenvalue weighted by molar-refractivity contribution is 6.30. The van der Waals surface area contributed by atoms with Gasteiger partial charge in [-0.05, 0) is 25.1 Å². The Hall–Kier alpha value is -3.59. The Balaban J connectivity index is 2.05. The summed E-state index contributed by atoms with van der Waals surface area (Å²) in [6.45, 7) is 1.56. The van der Waals surface area contributed by atoms with Crippen LogP contribution in [0.15, 0.2) is 53.5 Å². The van der Waals surface area contributed by atoms with E-state index in [0.717, 1.165) is 0 Å². The van der Waals surface area contributed by atoms with Crippen molar-refractivity contribution < 1.29 is 9.72 Å². The van der Waals surface area contributed by atoms with Gasteiger partial charge in [0.25, 0.3) is 11.6 Å². The normalized spacial score (nSPS) is 10.4. The van der Waals surface area contributed by atoms with Crippen molar-refractivity contribution in [3.8, 4) is 5.69 Å². The van der Waals surface area contributed by atoms with E-state index in [4.69, 9.17) is 11.6 Å². The summed E-state index contributed by atoms with van der Waals surface area (Å²) in [5, 5.41) is 18.1. The minimum absolute atomic E-state index is 0.138. The lowest BCUT2D eigenvalue weighted by Crippen LogP contribution is -2.27. The zero-order chi connectivity index (χ0) is 19.6. The van der Waals surface area contributed by atoms with E-state index >= 15 is 0 Å². The van der Waals surface area contributed by atoms with Crippen LogP contribution in [0.3, 0.4) is 0 Å². The SMILES string of the molecule is Cc1cc(=O)c(C(=O)Nc2ccc(Cl)cn2)nn1-c1ccccc1[N+](=O)[O-]. The maximum absolute atomic E-state index is 12.4. The van der Waals surface area contributed by atoms with Crippen molar-refractivity contribution in [3.05, 3.63) is 85.4 Å². The molecule has 3 aromatic rings. The second-order valence-electron chi connectivity index (χ2n) is 5.47. The Morgan fingerprint density at radius 3 is 2.67 bits per heavy atom. The zero-order valence-corrected chi connectivity index (χ0v) is 14.7. The van der Waals surface area contributed by atoms with Crippen LogP contribution in [0, 0.1) is 17.0 Å². The predicted molar refractivity (Wildman–Crippen MR) is 98.4 cm³/mol. The molecule has 0 aliphatic rings. The predicted octanol–water partition coefficient (Wildman–Crippen LogP) is 2.75. The minimum atomic E-state index is -0.790. The van der Waals surface area contributed by atoms with Crippen LogP contribution >= 0.6 is 11.6 Å². The van der Waals surface area contributed by atoms with Gasteiger partial charge >= 0.3 is 0 Å². The highest BCUT2D eigenvalue weighted by atomic mass is 35.5. The number of nitro groups is 1. The van der Waals surface area contributed by atoms with Crippen molar-refractivity contribution in [2.24, 2.45) is 0 Å². The van der Waals surface area contributed by atoms with E-state index in [0.29, 0.717) is 10.7 Å². The number of hydrogen-bond donors (Lipinski definition) is 1. The first-order valence-corrected chi connectivity index (χ1v) is 8.02. The van der Waals surface area contributed by atoms with Gasteiger partial charge in [-0.1, -0.05) is 23.7 Å². The van der Waals surface area contributed by atoms with E-state index < -0.39 is 22.0 Å². The number of carbonyl (C=O) groups is 1. The van der Waals surface area contributed by atoms with Crippen molar-refractivity contribution in [2.45, 2.75) is 6.92 Å². The van der Waals surface area contributed by atoms with Gasteiger partial charge in [0.15, 0.2) is 5.69 Å². The number of hydrogen-bond acceptors (Lipinski definition) is 6. The molecular weight excluding hydrogens is 374 g/mol. The molecule has 2 aromatic heterocycles. The Labute approximate surface area is 157 Å². The molecule has 27 heavy (non-hydrogen) atoms. The van der Waals surface area contributed by atoms with Crippen LogP contribution in [0.1, 0.15) is 16.2 Å². The van der Waals surface area contributed by atoms with E-state index in [1.165, 1.54) is 47.3 Å². The Bertz CT molecular complexity index is 1100. The van der Waals surface area contributed by atoms with Crippen molar-refractivity contribution in [2.75, 3.05) is 5.32 Å². The number of rotatable bonds is 4. The zero-order valence-electron chi connectivity index (χ0n) is 13.9. The van der Waals surface area contributed by atoms with Crippen LogP contribution in [0.2, 0.25) is 5.02 Å². The lowest BCUT2D eigenvalue weighted by Gasteiger charge is -2.11. The van der Waals surface area contributed by atoms with E-state index in [2.05, 4.69) is 15.4 Å². The maximum atomic E-state index is 12.4. The molecular formula is C17H12ClN5O4. The number of nitrogens with one attached hydrogen (secondary N) is 1.